The van der Waals surface area contributed by atoms with Gasteiger partial charge < -0.3 is 20.4 Å². The smallest absolute Gasteiger partial charge is 0.191 e. The summed E-state index contributed by atoms with van der Waals surface area (Å²) in [6.45, 7) is 4.47. The Labute approximate surface area is 166 Å². The maximum atomic E-state index is 5.77. The molecule has 0 saturated heterocycles. The minimum Gasteiger partial charge on any atom is -0.493 e. The molecule has 0 radical (unpaired) electrons. The van der Waals surface area contributed by atoms with Crippen LogP contribution in [0.25, 0.3) is 10.9 Å². The summed E-state index contributed by atoms with van der Waals surface area (Å²) < 4.78 is 5.77. The molecule has 0 amide bonds. The minimum absolute atomic E-state index is 0.233. The summed E-state index contributed by atoms with van der Waals surface area (Å²) in [7, 11) is 0. The summed E-state index contributed by atoms with van der Waals surface area (Å²) in [4.78, 5) is 8.15. The topological polar surface area (TPSA) is 61.4 Å². The van der Waals surface area contributed by atoms with Crippen LogP contribution >= 0.6 is 0 Å². The van der Waals surface area contributed by atoms with Gasteiger partial charge in [0.15, 0.2) is 5.96 Å². The second kappa shape index (κ2) is 8.83. The molecule has 5 nitrogen and oxygen atoms in total. The van der Waals surface area contributed by atoms with Crippen molar-refractivity contribution in [2.24, 2.45) is 4.99 Å². The van der Waals surface area contributed by atoms with E-state index in [9.17, 15) is 0 Å². The number of aliphatic imine (C=N–C) groups is 1. The number of nitrogens with zero attached hydrogens (tertiary/aromatic N) is 1. The van der Waals surface area contributed by atoms with E-state index in [1.54, 1.807) is 0 Å². The van der Waals surface area contributed by atoms with Crippen LogP contribution in [0.5, 0.6) is 5.75 Å². The Morgan fingerprint density at radius 3 is 2.96 bits per heavy atom. The standard InChI is InChI=1S/C23H28N4O/c1-2-24-23(27-21-13-15-28-22-12-6-4-10-19(21)22)25-14-7-8-17-16-26-20-11-5-3-9-18(17)20/h3-6,9-12,16,21,26H,2,7-8,13-15H2,1H3,(H2,24,25,27). The molecule has 0 saturated carbocycles. The van der Waals surface area contributed by atoms with Crippen LogP contribution in [0, 0.1) is 0 Å². The van der Waals surface area contributed by atoms with E-state index in [0.717, 1.165) is 50.7 Å². The molecular weight excluding hydrogens is 348 g/mol. The predicted octanol–water partition coefficient (Wildman–Crippen LogP) is 4.18. The van der Waals surface area contributed by atoms with Gasteiger partial charge in [0.05, 0.1) is 12.6 Å². The number of benzene rings is 2. The second-order valence-corrected chi connectivity index (χ2v) is 7.10. The van der Waals surface area contributed by atoms with Crippen molar-refractivity contribution < 1.29 is 4.74 Å². The van der Waals surface area contributed by atoms with E-state index in [-0.39, 0.29) is 6.04 Å². The van der Waals surface area contributed by atoms with Crippen molar-refractivity contribution in [2.75, 3.05) is 19.7 Å². The Hall–Kier alpha value is -2.95. The molecule has 0 fully saturated rings. The van der Waals surface area contributed by atoms with Crippen molar-refractivity contribution in [2.45, 2.75) is 32.2 Å². The van der Waals surface area contributed by atoms with Crippen molar-refractivity contribution >= 4 is 16.9 Å². The molecule has 146 valence electrons. The zero-order valence-corrected chi connectivity index (χ0v) is 16.4. The first-order chi connectivity index (χ1) is 13.8. The zero-order valence-electron chi connectivity index (χ0n) is 16.4. The molecule has 1 unspecified atom stereocenters. The average Bonchev–Trinajstić information content (AvgIpc) is 3.15. The molecule has 1 aromatic heterocycles. The third-order valence-electron chi connectivity index (χ3n) is 5.16. The normalized spacial score (nSPS) is 16.5. The van der Waals surface area contributed by atoms with Gasteiger partial charge in [-0.1, -0.05) is 36.4 Å². The fraction of sp³-hybridized carbons (Fsp3) is 0.348. The van der Waals surface area contributed by atoms with Crippen molar-refractivity contribution in [1.82, 2.24) is 15.6 Å². The Kier molecular flexibility index (Phi) is 5.80. The third-order valence-corrected chi connectivity index (χ3v) is 5.16. The average molecular weight is 377 g/mol. The fourth-order valence-corrected chi connectivity index (χ4v) is 3.78. The van der Waals surface area contributed by atoms with Crippen LogP contribution in [0.2, 0.25) is 0 Å². The SMILES string of the molecule is CCNC(=NCCCc1c[nH]c2ccccc12)NC1CCOc2ccccc21. The van der Waals surface area contributed by atoms with E-state index < -0.39 is 0 Å². The van der Waals surface area contributed by atoms with E-state index in [2.05, 4.69) is 65.1 Å². The number of ether oxygens (including phenoxy) is 1. The molecule has 1 aliphatic heterocycles. The Morgan fingerprint density at radius 2 is 2.04 bits per heavy atom. The van der Waals surface area contributed by atoms with Crippen LogP contribution in [0.3, 0.4) is 0 Å². The van der Waals surface area contributed by atoms with E-state index in [0.29, 0.717) is 0 Å². The maximum Gasteiger partial charge on any atom is 0.191 e. The second-order valence-electron chi connectivity index (χ2n) is 7.10. The maximum absolute atomic E-state index is 5.77. The van der Waals surface area contributed by atoms with Crippen LogP contribution in [0.1, 0.15) is 36.9 Å². The van der Waals surface area contributed by atoms with Crippen LogP contribution in [0.15, 0.2) is 59.7 Å². The number of nitrogens with one attached hydrogen (secondary N) is 3. The Bertz CT molecular complexity index is 946. The van der Waals surface area contributed by atoms with Crippen LogP contribution in [0.4, 0.5) is 0 Å². The summed E-state index contributed by atoms with van der Waals surface area (Å²) in [5.41, 5.74) is 3.77. The number of guanidine groups is 1. The van der Waals surface area contributed by atoms with Gasteiger partial charge in [-0.05, 0) is 37.5 Å². The minimum atomic E-state index is 0.233. The summed E-state index contributed by atoms with van der Waals surface area (Å²) >= 11 is 0. The highest BCUT2D eigenvalue weighted by molar-refractivity contribution is 5.83. The van der Waals surface area contributed by atoms with E-state index in [4.69, 9.17) is 9.73 Å². The van der Waals surface area contributed by atoms with Crippen molar-refractivity contribution in [3.63, 3.8) is 0 Å². The van der Waals surface area contributed by atoms with E-state index in [1.807, 2.05) is 12.1 Å². The number of H-pyrrole nitrogens is 1. The monoisotopic (exact) mass is 376 g/mol. The first-order valence-electron chi connectivity index (χ1n) is 10.2. The number of aromatic nitrogens is 1. The highest BCUT2D eigenvalue weighted by atomic mass is 16.5. The highest BCUT2D eigenvalue weighted by Crippen LogP contribution is 2.31. The van der Waals surface area contributed by atoms with Crippen molar-refractivity contribution in [1.29, 1.82) is 0 Å². The third kappa shape index (κ3) is 4.14. The number of aromatic amines is 1. The van der Waals surface area contributed by atoms with Gasteiger partial charge in [0.25, 0.3) is 0 Å². The summed E-state index contributed by atoms with van der Waals surface area (Å²) in [6.07, 6.45) is 5.10. The lowest BCUT2D eigenvalue weighted by atomic mass is 10.0. The molecule has 2 heterocycles. The van der Waals surface area contributed by atoms with Gasteiger partial charge in [0, 0.05) is 42.2 Å². The number of para-hydroxylation sites is 2. The number of rotatable bonds is 6. The summed E-state index contributed by atoms with van der Waals surface area (Å²) in [5.74, 6) is 1.85. The molecule has 2 aromatic carbocycles. The van der Waals surface area contributed by atoms with Gasteiger partial charge in [-0.3, -0.25) is 4.99 Å². The molecule has 0 spiro atoms. The van der Waals surface area contributed by atoms with Gasteiger partial charge in [-0.2, -0.15) is 0 Å². The molecule has 0 aliphatic carbocycles. The lowest BCUT2D eigenvalue weighted by Gasteiger charge is -2.28. The van der Waals surface area contributed by atoms with Gasteiger partial charge >= 0.3 is 0 Å². The summed E-state index contributed by atoms with van der Waals surface area (Å²) in [6, 6.07) is 16.9. The van der Waals surface area contributed by atoms with E-state index >= 15 is 0 Å². The molecule has 4 rings (SSSR count). The van der Waals surface area contributed by atoms with Gasteiger partial charge in [0.2, 0.25) is 0 Å². The predicted molar refractivity (Wildman–Crippen MR) is 115 cm³/mol. The number of aryl methyl sites for hydroxylation is 1. The zero-order chi connectivity index (χ0) is 19.2. The molecular formula is C23H28N4O. The van der Waals surface area contributed by atoms with E-state index in [1.165, 1.54) is 22.0 Å². The van der Waals surface area contributed by atoms with Crippen molar-refractivity contribution in [3.05, 3.63) is 65.9 Å². The van der Waals surface area contributed by atoms with Crippen molar-refractivity contribution in [3.8, 4) is 5.75 Å². The molecule has 1 atom stereocenters. The quantitative estimate of drug-likeness (QED) is 0.344. The summed E-state index contributed by atoms with van der Waals surface area (Å²) in [5, 5.41) is 8.28. The fourth-order valence-electron chi connectivity index (χ4n) is 3.78. The van der Waals surface area contributed by atoms with Gasteiger partial charge in [0.1, 0.15) is 5.75 Å². The van der Waals surface area contributed by atoms with Gasteiger partial charge in [-0.15, -0.1) is 0 Å². The Balaban J connectivity index is 1.37. The molecule has 3 N–H and O–H groups in total. The molecule has 3 aromatic rings. The highest BCUT2D eigenvalue weighted by Gasteiger charge is 2.21. The molecule has 28 heavy (non-hydrogen) atoms. The van der Waals surface area contributed by atoms with Crippen LogP contribution < -0.4 is 15.4 Å². The lowest BCUT2D eigenvalue weighted by molar-refractivity contribution is 0.261. The van der Waals surface area contributed by atoms with Crippen LogP contribution in [-0.2, 0) is 6.42 Å². The molecule has 5 heteroatoms. The first-order valence-corrected chi connectivity index (χ1v) is 10.2. The molecule has 1 aliphatic rings. The largest absolute Gasteiger partial charge is 0.493 e. The molecule has 0 bridgehead atoms. The first kappa shape index (κ1) is 18.4. The van der Waals surface area contributed by atoms with Crippen LogP contribution in [-0.4, -0.2) is 30.6 Å². The number of hydrogen-bond acceptors (Lipinski definition) is 2. The number of hydrogen-bond donors (Lipinski definition) is 3. The number of fused-ring (bicyclic) bond motifs is 2. The van der Waals surface area contributed by atoms with Gasteiger partial charge in [-0.25, -0.2) is 0 Å². The lowest BCUT2D eigenvalue weighted by Crippen LogP contribution is -2.41. The Morgan fingerprint density at radius 1 is 1.18 bits per heavy atom.